The number of nitrogens with zero attached hydrogens (tertiary/aromatic N) is 3. The fraction of sp³-hybridized carbons (Fsp3) is 0.350. The highest BCUT2D eigenvalue weighted by Gasteiger charge is 2.23. The zero-order chi connectivity index (χ0) is 20.4. The van der Waals surface area contributed by atoms with Crippen molar-refractivity contribution in [2.24, 2.45) is 0 Å². The number of furan rings is 1. The molecule has 1 fully saturated rings. The second-order valence-corrected chi connectivity index (χ2v) is 7.62. The normalized spacial score (nSPS) is 13.7. The van der Waals surface area contributed by atoms with Crippen LogP contribution in [0.3, 0.4) is 0 Å². The summed E-state index contributed by atoms with van der Waals surface area (Å²) < 4.78 is 14.2. The molecule has 1 amide bonds. The molecule has 1 saturated heterocycles. The molecule has 8 nitrogen and oxygen atoms in total. The maximum atomic E-state index is 12.7. The van der Waals surface area contributed by atoms with Crippen LogP contribution in [0.4, 0.5) is 17.3 Å². The number of amides is 1. The van der Waals surface area contributed by atoms with E-state index in [2.05, 4.69) is 19.4 Å². The molecule has 152 valence electrons. The Morgan fingerprint density at radius 2 is 2.00 bits per heavy atom. The molecule has 4 rings (SSSR count). The smallest absolute Gasteiger partial charge is 0.257 e. The summed E-state index contributed by atoms with van der Waals surface area (Å²) in [6, 6.07) is 7.07. The van der Waals surface area contributed by atoms with E-state index in [1.54, 1.807) is 23.1 Å². The SMILES string of the molecule is Cc1cc(CNc2nsnc2Nc2cccc(C(=O)N3CCCC3)c2O)oc1C. The Hall–Kier alpha value is -3.07. The van der Waals surface area contributed by atoms with E-state index >= 15 is 0 Å². The molecular formula is C20H23N5O3S. The third kappa shape index (κ3) is 4.04. The van der Waals surface area contributed by atoms with Gasteiger partial charge in [0, 0.05) is 13.1 Å². The number of phenolic OH excluding ortho intramolecular Hbond substituents is 1. The van der Waals surface area contributed by atoms with Gasteiger partial charge in [0.1, 0.15) is 11.5 Å². The Balaban J connectivity index is 1.49. The first-order valence-corrected chi connectivity index (χ1v) is 10.3. The molecule has 0 atom stereocenters. The van der Waals surface area contributed by atoms with Crippen LogP contribution < -0.4 is 10.6 Å². The first-order valence-electron chi connectivity index (χ1n) is 9.53. The molecule has 2 aromatic heterocycles. The number of carbonyl (C=O) groups is 1. The molecule has 0 saturated carbocycles. The second-order valence-electron chi connectivity index (χ2n) is 7.09. The molecule has 1 aliphatic rings. The van der Waals surface area contributed by atoms with Gasteiger partial charge < -0.3 is 25.1 Å². The van der Waals surface area contributed by atoms with Crippen LogP contribution in [0.5, 0.6) is 5.75 Å². The zero-order valence-corrected chi connectivity index (χ0v) is 17.2. The van der Waals surface area contributed by atoms with Gasteiger partial charge in [0.25, 0.3) is 5.91 Å². The Morgan fingerprint density at radius 1 is 1.24 bits per heavy atom. The average Bonchev–Trinajstić information content (AvgIpc) is 3.44. The highest BCUT2D eigenvalue weighted by molar-refractivity contribution is 6.99. The quantitative estimate of drug-likeness (QED) is 0.524. The van der Waals surface area contributed by atoms with Gasteiger partial charge in [-0.3, -0.25) is 4.79 Å². The number of aromatic nitrogens is 2. The molecule has 29 heavy (non-hydrogen) atoms. The first-order chi connectivity index (χ1) is 14.0. The van der Waals surface area contributed by atoms with E-state index < -0.39 is 0 Å². The molecule has 0 radical (unpaired) electrons. The number of anilines is 3. The van der Waals surface area contributed by atoms with Crippen molar-refractivity contribution in [2.75, 3.05) is 23.7 Å². The lowest BCUT2D eigenvalue weighted by Crippen LogP contribution is -2.27. The van der Waals surface area contributed by atoms with Crippen molar-refractivity contribution >= 4 is 35.0 Å². The van der Waals surface area contributed by atoms with E-state index in [1.807, 2.05) is 19.9 Å². The van der Waals surface area contributed by atoms with Gasteiger partial charge in [-0.25, -0.2) is 0 Å². The largest absolute Gasteiger partial charge is 0.505 e. The molecule has 0 bridgehead atoms. The van der Waals surface area contributed by atoms with Crippen molar-refractivity contribution in [2.45, 2.75) is 33.2 Å². The average molecular weight is 414 g/mol. The summed E-state index contributed by atoms with van der Waals surface area (Å²) in [7, 11) is 0. The Labute approximate surface area is 172 Å². The van der Waals surface area contributed by atoms with Crippen molar-refractivity contribution in [1.82, 2.24) is 13.6 Å². The van der Waals surface area contributed by atoms with Crippen LogP contribution in [0.15, 0.2) is 28.7 Å². The number of para-hydroxylation sites is 1. The van der Waals surface area contributed by atoms with Gasteiger partial charge in [0.15, 0.2) is 17.4 Å². The number of aryl methyl sites for hydroxylation is 2. The predicted octanol–water partition coefficient (Wildman–Crippen LogP) is 4.05. The maximum absolute atomic E-state index is 12.7. The minimum Gasteiger partial charge on any atom is -0.505 e. The van der Waals surface area contributed by atoms with E-state index in [9.17, 15) is 9.90 Å². The van der Waals surface area contributed by atoms with Gasteiger partial charge in [-0.05, 0) is 50.5 Å². The van der Waals surface area contributed by atoms with Crippen LogP contribution >= 0.6 is 11.7 Å². The van der Waals surface area contributed by atoms with Crippen LogP contribution in [0.1, 0.15) is 40.3 Å². The number of phenols is 1. The third-order valence-corrected chi connectivity index (χ3v) is 5.58. The summed E-state index contributed by atoms with van der Waals surface area (Å²) in [6.07, 6.45) is 2.00. The molecule has 1 aromatic carbocycles. The van der Waals surface area contributed by atoms with Crippen molar-refractivity contribution in [3.63, 3.8) is 0 Å². The molecule has 3 heterocycles. The number of rotatable bonds is 6. The number of hydrogen-bond donors (Lipinski definition) is 3. The second kappa shape index (κ2) is 8.12. The van der Waals surface area contributed by atoms with E-state index in [0.29, 0.717) is 23.9 Å². The zero-order valence-electron chi connectivity index (χ0n) is 16.4. The first kappa shape index (κ1) is 19.3. The summed E-state index contributed by atoms with van der Waals surface area (Å²) in [5.74, 6) is 2.50. The van der Waals surface area contributed by atoms with Crippen molar-refractivity contribution < 1.29 is 14.3 Å². The lowest BCUT2D eigenvalue weighted by molar-refractivity contribution is 0.0790. The third-order valence-electron chi connectivity index (χ3n) is 5.05. The van der Waals surface area contributed by atoms with Crippen molar-refractivity contribution in [3.05, 3.63) is 46.9 Å². The van der Waals surface area contributed by atoms with Crippen LogP contribution in [-0.2, 0) is 6.54 Å². The van der Waals surface area contributed by atoms with Gasteiger partial charge in [-0.2, -0.15) is 8.75 Å². The molecular weight excluding hydrogens is 390 g/mol. The van der Waals surface area contributed by atoms with Crippen molar-refractivity contribution in [1.29, 1.82) is 0 Å². The minimum absolute atomic E-state index is 0.0827. The van der Waals surface area contributed by atoms with Gasteiger partial charge >= 0.3 is 0 Å². The number of nitrogens with one attached hydrogen (secondary N) is 2. The van der Waals surface area contributed by atoms with Gasteiger partial charge in [0.2, 0.25) is 0 Å². The monoisotopic (exact) mass is 413 g/mol. The van der Waals surface area contributed by atoms with Crippen LogP contribution in [0, 0.1) is 13.8 Å². The molecule has 0 spiro atoms. The van der Waals surface area contributed by atoms with Crippen LogP contribution in [0.2, 0.25) is 0 Å². The van der Waals surface area contributed by atoms with Gasteiger partial charge in [0.05, 0.1) is 29.5 Å². The molecule has 1 aliphatic heterocycles. The van der Waals surface area contributed by atoms with Crippen molar-refractivity contribution in [3.8, 4) is 5.75 Å². The summed E-state index contributed by atoms with van der Waals surface area (Å²) in [5.41, 5.74) is 1.80. The van der Waals surface area contributed by atoms with Gasteiger partial charge in [-0.1, -0.05) is 6.07 Å². The molecule has 0 unspecified atom stereocenters. The maximum Gasteiger partial charge on any atom is 0.257 e. The minimum atomic E-state index is -0.151. The summed E-state index contributed by atoms with van der Waals surface area (Å²) >= 11 is 1.05. The predicted molar refractivity (Wildman–Crippen MR) is 112 cm³/mol. The van der Waals surface area contributed by atoms with Gasteiger partial charge in [-0.15, -0.1) is 0 Å². The van der Waals surface area contributed by atoms with E-state index in [0.717, 1.165) is 54.7 Å². The summed E-state index contributed by atoms with van der Waals surface area (Å²) in [6.45, 7) is 5.85. The van der Waals surface area contributed by atoms with Crippen LogP contribution in [-0.4, -0.2) is 37.8 Å². The van der Waals surface area contributed by atoms with Crippen LogP contribution in [0.25, 0.3) is 0 Å². The fourth-order valence-electron chi connectivity index (χ4n) is 3.33. The highest BCUT2D eigenvalue weighted by atomic mass is 32.1. The van der Waals surface area contributed by atoms with E-state index in [1.165, 1.54) is 0 Å². The molecule has 0 aliphatic carbocycles. The topological polar surface area (TPSA) is 104 Å². The molecule has 3 aromatic rings. The number of benzene rings is 1. The van der Waals surface area contributed by atoms with E-state index in [4.69, 9.17) is 4.42 Å². The lowest BCUT2D eigenvalue weighted by Gasteiger charge is -2.17. The molecule has 9 heteroatoms. The fourth-order valence-corrected chi connectivity index (χ4v) is 3.82. The summed E-state index contributed by atoms with van der Waals surface area (Å²) in [5, 5.41) is 16.9. The number of likely N-dealkylation sites (tertiary alicyclic amines) is 1. The van der Waals surface area contributed by atoms with E-state index in [-0.39, 0.29) is 17.2 Å². The highest BCUT2D eigenvalue weighted by Crippen LogP contribution is 2.33. The Bertz CT molecular complexity index is 1000. The Kier molecular flexibility index (Phi) is 5.39. The standard InChI is InChI=1S/C20H23N5O3S/c1-12-10-14(28-13(12)2)11-21-18-19(24-29-23-18)22-16-7-5-6-15(17(16)26)20(27)25-8-3-4-9-25/h5-7,10,26H,3-4,8-9,11H2,1-2H3,(H,21,23)(H,22,24). The lowest BCUT2D eigenvalue weighted by atomic mass is 10.1. The number of hydrogen-bond acceptors (Lipinski definition) is 8. The number of aromatic hydroxyl groups is 1. The number of carbonyl (C=O) groups excluding carboxylic acids is 1. The Morgan fingerprint density at radius 3 is 2.72 bits per heavy atom. The summed E-state index contributed by atoms with van der Waals surface area (Å²) in [4.78, 5) is 14.4. The molecule has 3 N–H and O–H groups in total.